The standard InChI is InChI=1S/C18H16N4O4S/c1-9-2-5-14-10(6-9)7-15(27-14)17(23)21-20-16-12-8-11(22(25)26)3-4-13(12)19-18(16)24/h3-4,7-9,19,24H,2,5-6H2,1H3. The van der Waals surface area contributed by atoms with E-state index in [0.29, 0.717) is 21.7 Å². The zero-order valence-electron chi connectivity index (χ0n) is 14.4. The molecule has 0 bridgehead atoms. The fourth-order valence-corrected chi connectivity index (χ4v) is 4.41. The average Bonchev–Trinajstić information content (AvgIpc) is 3.18. The number of carbonyl (C=O) groups excluding carboxylic acids is 1. The summed E-state index contributed by atoms with van der Waals surface area (Å²) in [7, 11) is 0. The molecule has 9 heteroatoms. The van der Waals surface area contributed by atoms with E-state index in [-0.39, 0.29) is 17.3 Å². The lowest BCUT2D eigenvalue weighted by atomic mass is 9.90. The number of nitrogens with one attached hydrogen (secondary N) is 1. The monoisotopic (exact) mass is 384 g/mol. The van der Waals surface area contributed by atoms with Gasteiger partial charge in [-0.25, -0.2) is 0 Å². The number of nitro benzene ring substituents is 1. The van der Waals surface area contributed by atoms with Crippen molar-refractivity contribution in [3.05, 3.63) is 49.7 Å². The van der Waals surface area contributed by atoms with Gasteiger partial charge in [0.2, 0.25) is 5.88 Å². The van der Waals surface area contributed by atoms with Crippen LogP contribution >= 0.6 is 11.3 Å². The highest BCUT2D eigenvalue weighted by atomic mass is 32.1. The Balaban J connectivity index is 1.64. The molecule has 1 aliphatic rings. The van der Waals surface area contributed by atoms with Crippen LogP contribution in [0.2, 0.25) is 0 Å². The lowest BCUT2D eigenvalue weighted by Gasteiger charge is -2.16. The van der Waals surface area contributed by atoms with Gasteiger partial charge >= 0.3 is 5.91 Å². The number of carbonyl (C=O) groups is 1. The minimum Gasteiger partial charge on any atom is -0.493 e. The molecule has 138 valence electrons. The van der Waals surface area contributed by atoms with Gasteiger partial charge in [0.25, 0.3) is 5.69 Å². The van der Waals surface area contributed by atoms with Gasteiger partial charge in [-0.1, -0.05) is 6.92 Å². The topological polar surface area (TPSA) is 121 Å². The van der Waals surface area contributed by atoms with Crippen molar-refractivity contribution < 1.29 is 14.8 Å². The van der Waals surface area contributed by atoms with Gasteiger partial charge in [0.15, 0.2) is 5.69 Å². The van der Waals surface area contributed by atoms with E-state index in [4.69, 9.17) is 0 Å². The second-order valence-corrected chi connectivity index (χ2v) is 7.86. The van der Waals surface area contributed by atoms with E-state index in [2.05, 4.69) is 22.1 Å². The molecule has 4 rings (SSSR count). The van der Waals surface area contributed by atoms with Crippen molar-refractivity contribution in [1.82, 2.24) is 4.98 Å². The van der Waals surface area contributed by atoms with Crippen molar-refractivity contribution in [2.24, 2.45) is 16.1 Å². The molecule has 0 spiro atoms. The van der Waals surface area contributed by atoms with Crippen molar-refractivity contribution in [2.45, 2.75) is 26.2 Å². The maximum atomic E-state index is 12.4. The second kappa shape index (κ2) is 6.58. The number of aromatic amines is 1. The first-order valence-electron chi connectivity index (χ1n) is 8.49. The third-order valence-electron chi connectivity index (χ3n) is 4.73. The molecule has 1 unspecified atom stereocenters. The van der Waals surface area contributed by atoms with Gasteiger partial charge in [0.1, 0.15) is 0 Å². The Morgan fingerprint density at radius 3 is 3.00 bits per heavy atom. The van der Waals surface area contributed by atoms with Crippen molar-refractivity contribution in [3.63, 3.8) is 0 Å². The van der Waals surface area contributed by atoms with Gasteiger partial charge < -0.3 is 10.1 Å². The number of rotatable bonds is 3. The lowest BCUT2D eigenvalue weighted by Crippen LogP contribution is -2.08. The number of amides is 1. The number of nitro groups is 1. The predicted molar refractivity (Wildman–Crippen MR) is 101 cm³/mol. The SMILES string of the molecule is CC1CCc2sc(C(=O)N=Nc3c(O)[nH]c4ccc([N+](=O)[O-])cc34)cc2C1. The van der Waals surface area contributed by atoms with E-state index in [9.17, 15) is 20.0 Å². The van der Waals surface area contributed by atoms with Crippen molar-refractivity contribution in [2.75, 3.05) is 0 Å². The number of non-ortho nitro benzene ring substituents is 1. The van der Waals surface area contributed by atoms with Crippen LogP contribution in [0.1, 0.15) is 33.5 Å². The fourth-order valence-electron chi connectivity index (χ4n) is 3.32. The quantitative estimate of drug-likeness (QED) is 0.379. The number of fused-ring (bicyclic) bond motifs is 2. The third kappa shape index (κ3) is 3.21. The van der Waals surface area contributed by atoms with E-state index in [1.54, 1.807) is 0 Å². The molecule has 1 aromatic carbocycles. The Kier molecular flexibility index (Phi) is 4.23. The molecule has 0 aliphatic heterocycles. The molecule has 2 N–H and O–H groups in total. The summed E-state index contributed by atoms with van der Waals surface area (Å²) in [6, 6.07) is 5.95. The highest BCUT2D eigenvalue weighted by Gasteiger charge is 2.21. The van der Waals surface area contributed by atoms with Gasteiger partial charge in [-0.2, -0.15) is 0 Å². The minimum absolute atomic E-state index is 0.0111. The number of hydrogen-bond acceptors (Lipinski definition) is 6. The number of benzene rings is 1. The second-order valence-electron chi connectivity index (χ2n) is 6.72. The highest BCUT2D eigenvalue weighted by molar-refractivity contribution is 7.14. The number of hydrogen-bond donors (Lipinski definition) is 2. The van der Waals surface area contributed by atoms with Crippen LogP contribution in [-0.2, 0) is 12.8 Å². The first-order chi connectivity index (χ1) is 12.9. The fraction of sp³-hybridized carbons (Fsp3) is 0.278. The van der Waals surface area contributed by atoms with E-state index < -0.39 is 10.8 Å². The summed E-state index contributed by atoms with van der Waals surface area (Å²) in [5.41, 5.74) is 1.55. The number of nitrogens with zero attached hydrogens (tertiary/aromatic N) is 3. The third-order valence-corrected chi connectivity index (χ3v) is 5.95. The van der Waals surface area contributed by atoms with Gasteiger partial charge in [-0.05, 0) is 42.9 Å². The zero-order chi connectivity index (χ0) is 19.1. The van der Waals surface area contributed by atoms with Crippen LogP contribution in [0.3, 0.4) is 0 Å². The molecule has 1 aliphatic carbocycles. The maximum absolute atomic E-state index is 12.4. The Morgan fingerprint density at radius 2 is 2.22 bits per heavy atom. The Labute approximate surface area is 157 Å². The number of azo groups is 1. The lowest BCUT2D eigenvalue weighted by molar-refractivity contribution is -0.384. The molecule has 0 radical (unpaired) electrons. The van der Waals surface area contributed by atoms with Crippen LogP contribution in [0.4, 0.5) is 11.4 Å². The summed E-state index contributed by atoms with van der Waals surface area (Å²) < 4.78 is 0. The molecule has 1 atom stereocenters. The molecular weight excluding hydrogens is 368 g/mol. The first-order valence-corrected chi connectivity index (χ1v) is 9.30. The number of aryl methyl sites for hydroxylation is 1. The van der Waals surface area contributed by atoms with Crippen LogP contribution < -0.4 is 0 Å². The average molecular weight is 384 g/mol. The van der Waals surface area contributed by atoms with Crippen LogP contribution in [0.25, 0.3) is 10.9 Å². The first kappa shape index (κ1) is 17.3. The largest absolute Gasteiger partial charge is 0.493 e. The number of H-pyrrole nitrogens is 1. The van der Waals surface area contributed by atoms with E-state index >= 15 is 0 Å². The summed E-state index contributed by atoms with van der Waals surface area (Å²) in [5.74, 6) is -0.168. The number of aromatic nitrogens is 1. The Morgan fingerprint density at radius 1 is 1.41 bits per heavy atom. The molecule has 27 heavy (non-hydrogen) atoms. The van der Waals surface area contributed by atoms with Crippen molar-refractivity contribution >= 4 is 39.5 Å². The zero-order valence-corrected chi connectivity index (χ0v) is 15.2. The highest BCUT2D eigenvalue weighted by Crippen LogP contribution is 2.38. The van der Waals surface area contributed by atoms with E-state index in [0.717, 1.165) is 19.3 Å². The van der Waals surface area contributed by atoms with Crippen LogP contribution in [0.5, 0.6) is 5.88 Å². The van der Waals surface area contributed by atoms with Crippen LogP contribution in [0.15, 0.2) is 34.5 Å². The number of thiophene rings is 1. The molecular formula is C18H16N4O4S. The maximum Gasteiger partial charge on any atom is 0.305 e. The normalized spacial score (nSPS) is 16.7. The summed E-state index contributed by atoms with van der Waals surface area (Å²) in [5, 5.41) is 28.9. The molecule has 0 saturated heterocycles. The van der Waals surface area contributed by atoms with Gasteiger partial charge in [-0.15, -0.1) is 21.6 Å². The molecule has 0 fully saturated rings. The summed E-state index contributed by atoms with van der Waals surface area (Å²) in [6.45, 7) is 2.20. The van der Waals surface area contributed by atoms with Crippen molar-refractivity contribution in [3.8, 4) is 5.88 Å². The molecule has 8 nitrogen and oxygen atoms in total. The molecule has 3 aromatic rings. The summed E-state index contributed by atoms with van der Waals surface area (Å²) in [6.07, 6.45) is 3.05. The van der Waals surface area contributed by atoms with Gasteiger partial charge in [0, 0.05) is 22.4 Å². The van der Waals surface area contributed by atoms with Crippen LogP contribution in [0, 0.1) is 16.0 Å². The van der Waals surface area contributed by atoms with Gasteiger partial charge in [-0.3, -0.25) is 14.9 Å². The minimum atomic E-state index is -0.535. The van der Waals surface area contributed by atoms with E-state index in [1.807, 2.05) is 6.07 Å². The van der Waals surface area contributed by atoms with E-state index in [1.165, 1.54) is 40.0 Å². The molecule has 1 amide bonds. The summed E-state index contributed by atoms with van der Waals surface area (Å²) >= 11 is 1.43. The predicted octanol–water partition coefficient (Wildman–Crippen LogP) is 4.89. The summed E-state index contributed by atoms with van der Waals surface area (Å²) in [4.78, 5) is 27.2. The smallest absolute Gasteiger partial charge is 0.305 e. The Bertz CT molecular complexity index is 1100. The Hall–Kier alpha value is -3.07. The van der Waals surface area contributed by atoms with Gasteiger partial charge in [0.05, 0.1) is 15.3 Å². The molecule has 0 saturated carbocycles. The molecule has 2 aromatic heterocycles. The molecule has 2 heterocycles. The van der Waals surface area contributed by atoms with Crippen LogP contribution in [-0.4, -0.2) is 20.9 Å². The number of aromatic hydroxyl groups is 1. The van der Waals surface area contributed by atoms with Crippen molar-refractivity contribution in [1.29, 1.82) is 0 Å².